The normalized spacial score (nSPS) is 13.5. The summed E-state index contributed by atoms with van der Waals surface area (Å²) in [7, 11) is 1.95. The van der Waals surface area contributed by atoms with Crippen molar-refractivity contribution in [2.75, 3.05) is 18.5 Å². The molecule has 0 radical (unpaired) electrons. The molecule has 9 heteroatoms. The van der Waals surface area contributed by atoms with Crippen molar-refractivity contribution in [2.24, 2.45) is 7.05 Å². The van der Waals surface area contributed by atoms with Crippen molar-refractivity contribution in [1.82, 2.24) is 24.5 Å². The molecule has 164 valence electrons. The number of rotatable bonds is 0. The van der Waals surface area contributed by atoms with Crippen molar-refractivity contribution in [3.63, 3.8) is 0 Å². The average molecular weight is 459 g/mol. The topological polar surface area (TPSA) is 87.0 Å². The first-order valence-corrected chi connectivity index (χ1v) is 10.9. The number of nitrogens with zero attached hydrogens (tertiary/aromatic N) is 5. The number of benzene rings is 1. The summed E-state index contributed by atoms with van der Waals surface area (Å²) in [5.41, 5.74) is 4.61. The highest BCUT2D eigenvalue weighted by atomic mass is 35.5. The summed E-state index contributed by atoms with van der Waals surface area (Å²) in [5.74, 6) is 2.02. The molecule has 8 nitrogen and oxygen atoms in total. The second-order valence-electron chi connectivity index (χ2n) is 7.85. The number of ether oxygens (including phenoxy) is 2. The van der Waals surface area contributed by atoms with Crippen molar-refractivity contribution in [1.29, 1.82) is 0 Å². The number of aromatic nitrogens is 5. The van der Waals surface area contributed by atoms with Crippen LogP contribution in [0.1, 0.15) is 5.56 Å². The molecule has 5 bridgehead atoms. The first kappa shape index (κ1) is 19.8. The third-order valence-electron chi connectivity index (χ3n) is 5.61. The van der Waals surface area contributed by atoms with Gasteiger partial charge in [0.2, 0.25) is 5.28 Å². The Morgan fingerprint density at radius 3 is 2.73 bits per heavy atom. The maximum Gasteiger partial charge on any atom is 0.226 e. The Labute approximate surface area is 194 Å². The predicted molar refractivity (Wildman–Crippen MR) is 127 cm³/mol. The molecule has 0 atom stereocenters. The Morgan fingerprint density at radius 2 is 1.85 bits per heavy atom. The third-order valence-corrected chi connectivity index (χ3v) is 5.78. The molecule has 0 amide bonds. The average Bonchev–Trinajstić information content (AvgIpc) is 3.16. The highest BCUT2D eigenvalue weighted by Gasteiger charge is 2.17. The first-order valence-electron chi connectivity index (χ1n) is 10.5. The van der Waals surface area contributed by atoms with Crippen LogP contribution in [0.3, 0.4) is 0 Å². The summed E-state index contributed by atoms with van der Waals surface area (Å²) in [6, 6.07) is 10.1. The van der Waals surface area contributed by atoms with E-state index in [1.165, 1.54) is 0 Å². The van der Waals surface area contributed by atoms with E-state index in [2.05, 4.69) is 37.4 Å². The van der Waals surface area contributed by atoms with Gasteiger partial charge in [0.1, 0.15) is 36.2 Å². The molecule has 5 heterocycles. The van der Waals surface area contributed by atoms with Gasteiger partial charge in [-0.1, -0.05) is 6.07 Å². The maximum absolute atomic E-state index is 6.27. The van der Waals surface area contributed by atoms with Crippen molar-refractivity contribution < 1.29 is 9.47 Å². The fraction of sp³-hybridized carbons (Fsp3) is 0.167. The molecular formula is C24H19ClN6O2. The second-order valence-corrected chi connectivity index (χ2v) is 8.19. The first-order chi connectivity index (χ1) is 16.1. The van der Waals surface area contributed by atoms with E-state index in [-0.39, 0.29) is 5.28 Å². The van der Waals surface area contributed by atoms with E-state index < -0.39 is 0 Å². The fourth-order valence-electron chi connectivity index (χ4n) is 4.09. The van der Waals surface area contributed by atoms with Gasteiger partial charge in [0.05, 0.1) is 23.3 Å². The largest absolute Gasteiger partial charge is 0.488 e. The molecule has 1 aromatic carbocycles. The molecule has 0 aliphatic carbocycles. The summed E-state index contributed by atoms with van der Waals surface area (Å²) < 4.78 is 13.7. The number of nitrogens with one attached hydrogen (secondary N) is 1. The molecule has 0 fully saturated rings. The zero-order valence-electron chi connectivity index (χ0n) is 17.7. The van der Waals surface area contributed by atoms with Gasteiger partial charge in [-0.05, 0) is 47.0 Å². The van der Waals surface area contributed by atoms with E-state index in [4.69, 9.17) is 21.1 Å². The summed E-state index contributed by atoms with van der Waals surface area (Å²) in [6.45, 7) is 1.29. The van der Waals surface area contributed by atoms with Crippen LogP contribution in [0.25, 0.3) is 33.1 Å². The molecule has 0 unspecified atom stereocenters. The number of anilines is 1. The highest BCUT2D eigenvalue weighted by Crippen LogP contribution is 2.36. The number of hydrogen-bond donors (Lipinski definition) is 1. The van der Waals surface area contributed by atoms with Gasteiger partial charge in [-0.15, -0.1) is 0 Å². The van der Waals surface area contributed by atoms with Gasteiger partial charge in [0.25, 0.3) is 0 Å². The summed E-state index contributed by atoms with van der Waals surface area (Å²) in [5, 5.41) is 5.48. The van der Waals surface area contributed by atoms with E-state index >= 15 is 0 Å². The Hall–Kier alpha value is -3.91. The van der Waals surface area contributed by atoms with Crippen LogP contribution in [-0.4, -0.2) is 37.7 Å². The Kier molecular flexibility index (Phi) is 4.73. The van der Waals surface area contributed by atoms with Crippen LogP contribution in [0, 0.1) is 0 Å². The summed E-state index contributed by atoms with van der Waals surface area (Å²) >= 11 is 6.27. The lowest BCUT2D eigenvalue weighted by atomic mass is 10.0. The van der Waals surface area contributed by atoms with Gasteiger partial charge in [0, 0.05) is 36.9 Å². The lowest BCUT2D eigenvalue weighted by molar-refractivity contribution is 0.216. The smallest absolute Gasteiger partial charge is 0.226 e. The van der Waals surface area contributed by atoms with E-state index in [1.54, 1.807) is 18.6 Å². The van der Waals surface area contributed by atoms with Gasteiger partial charge < -0.3 is 19.4 Å². The quantitative estimate of drug-likeness (QED) is 0.339. The monoisotopic (exact) mass is 458 g/mol. The van der Waals surface area contributed by atoms with E-state index in [0.717, 1.165) is 38.6 Å². The van der Waals surface area contributed by atoms with Gasteiger partial charge in [-0.2, -0.15) is 4.98 Å². The van der Waals surface area contributed by atoms with Crippen molar-refractivity contribution in [3.8, 4) is 22.6 Å². The predicted octanol–water partition coefficient (Wildman–Crippen LogP) is 4.62. The molecular weight excluding hydrogens is 440 g/mol. The maximum atomic E-state index is 6.27. The number of fused-ring (bicyclic) bond motifs is 5. The van der Waals surface area contributed by atoms with Gasteiger partial charge >= 0.3 is 0 Å². The molecule has 4 aromatic heterocycles. The third kappa shape index (κ3) is 3.68. The number of pyridine rings is 2. The Balaban J connectivity index is 1.56. The standard InChI is InChI=1S/C24H19ClN6O2/c1-31-13-19-15-2-3-20-16(7-15)8-18(12-27-20)33-5-4-32-17-6-14(9-26-11-17)10-28-22-21(19)23(31)30-24(25)29-22/h2-3,6-9,11-13H,4-5,10H2,1H3,(H,28,29,30). The zero-order chi connectivity index (χ0) is 22.4. The van der Waals surface area contributed by atoms with E-state index in [0.29, 0.717) is 37.1 Å². The molecule has 0 saturated carbocycles. The van der Waals surface area contributed by atoms with Crippen LogP contribution in [-0.2, 0) is 13.6 Å². The van der Waals surface area contributed by atoms with E-state index in [1.807, 2.05) is 36.0 Å². The minimum Gasteiger partial charge on any atom is -0.488 e. The Morgan fingerprint density at radius 1 is 1.00 bits per heavy atom. The number of aryl methyl sites for hydroxylation is 1. The molecule has 0 spiro atoms. The SMILES string of the molecule is Cn1cc2c3c(nc(Cl)nc31)NCc1cncc(c1)OCCOc1cnc3ccc-2cc3c1. The minimum absolute atomic E-state index is 0.184. The van der Waals surface area contributed by atoms with Gasteiger partial charge in [-0.25, -0.2) is 4.98 Å². The van der Waals surface area contributed by atoms with E-state index in [9.17, 15) is 0 Å². The molecule has 0 saturated heterocycles. The molecule has 5 aromatic rings. The number of halogens is 1. The van der Waals surface area contributed by atoms with Gasteiger partial charge in [-0.3, -0.25) is 9.97 Å². The summed E-state index contributed by atoms with van der Waals surface area (Å²) in [4.78, 5) is 17.8. The lowest BCUT2D eigenvalue weighted by Gasteiger charge is -2.11. The lowest BCUT2D eigenvalue weighted by Crippen LogP contribution is -2.10. The minimum atomic E-state index is 0.184. The van der Waals surface area contributed by atoms with Crippen LogP contribution in [0.2, 0.25) is 5.28 Å². The molecule has 1 N–H and O–H groups in total. The van der Waals surface area contributed by atoms with Crippen molar-refractivity contribution >= 4 is 39.4 Å². The van der Waals surface area contributed by atoms with Crippen LogP contribution >= 0.6 is 11.6 Å². The van der Waals surface area contributed by atoms with Crippen molar-refractivity contribution in [2.45, 2.75) is 6.54 Å². The molecule has 1 aliphatic rings. The summed E-state index contributed by atoms with van der Waals surface area (Å²) in [6.07, 6.45) is 7.25. The van der Waals surface area contributed by atoms with Crippen LogP contribution in [0.4, 0.5) is 5.82 Å². The van der Waals surface area contributed by atoms with Crippen LogP contribution < -0.4 is 14.8 Å². The molecule has 33 heavy (non-hydrogen) atoms. The van der Waals surface area contributed by atoms with Crippen LogP contribution in [0.5, 0.6) is 11.5 Å². The highest BCUT2D eigenvalue weighted by molar-refractivity contribution is 6.29. The molecule has 6 rings (SSSR count). The fourth-order valence-corrected chi connectivity index (χ4v) is 4.26. The zero-order valence-corrected chi connectivity index (χ0v) is 18.5. The second kappa shape index (κ2) is 7.90. The van der Waals surface area contributed by atoms with Crippen LogP contribution in [0.15, 0.2) is 55.1 Å². The Bertz CT molecular complexity index is 1520. The number of hydrogen-bond acceptors (Lipinski definition) is 7. The van der Waals surface area contributed by atoms with Crippen molar-refractivity contribution in [3.05, 3.63) is 66.0 Å². The van der Waals surface area contributed by atoms with Gasteiger partial charge in [0.15, 0.2) is 0 Å². The molecule has 1 aliphatic heterocycles.